The molecule has 1 saturated heterocycles. The lowest BCUT2D eigenvalue weighted by Gasteiger charge is -2.36. The molecule has 5 heteroatoms. The summed E-state index contributed by atoms with van der Waals surface area (Å²) in [6, 6.07) is 21.5. The minimum atomic E-state index is -0.281. The molecule has 1 atom stereocenters. The van der Waals surface area contributed by atoms with Gasteiger partial charge in [-0.1, -0.05) is 49.4 Å². The molecule has 0 bridgehead atoms. The van der Waals surface area contributed by atoms with E-state index < -0.39 is 0 Å². The van der Waals surface area contributed by atoms with Crippen molar-refractivity contribution < 1.29 is 13.6 Å². The summed E-state index contributed by atoms with van der Waals surface area (Å²) >= 11 is 0. The van der Waals surface area contributed by atoms with Crippen molar-refractivity contribution in [3.63, 3.8) is 0 Å². The second-order valence-electron chi connectivity index (χ2n) is 8.30. The number of nitrogens with one attached hydrogen (secondary N) is 1. The maximum atomic E-state index is 12.9. The van der Waals surface area contributed by atoms with Crippen LogP contribution in [0.4, 0.5) is 5.69 Å². The maximum absolute atomic E-state index is 12.9. The van der Waals surface area contributed by atoms with E-state index in [9.17, 15) is 4.79 Å². The van der Waals surface area contributed by atoms with Crippen molar-refractivity contribution in [3.05, 3.63) is 90.1 Å². The number of benzene rings is 2. The highest BCUT2D eigenvalue weighted by atomic mass is 16.3. The molecule has 0 spiro atoms. The molecule has 0 saturated carbocycles. The normalized spacial score (nSPS) is 16.4. The summed E-state index contributed by atoms with van der Waals surface area (Å²) in [6.45, 7) is 4.29. The summed E-state index contributed by atoms with van der Waals surface area (Å²) in [5.74, 6) is 1.49. The second-order valence-corrected chi connectivity index (χ2v) is 8.30. The quantitative estimate of drug-likeness (QED) is 0.429. The number of anilines is 1. The van der Waals surface area contributed by atoms with Crippen LogP contribution >= 0.6 is 0 Å². The van der Waals surface area contributed by atoms with Crippen molar-refractivity contribution in [2.75, 3.05) is 18.4 Å². The summed E-state index contributed by atoms with van der Waals surface area (Å²) in [7, 11) is 0. The lowest BCUT2D eigenvalue weighted by Crippen LogP contribution is -2.37. The summed E-state index contributed by atoms with van der Waals surface area (Å²) in [5, 5.41) is 3.97. The Bertz CT molecular complexity index is 1160. The Morgan fingerprint density at radius 1 is 1.00 bits per heavy atom. The van der Waals surface area contributed by atoms with E-state index in [2.05, 4.69) is 41.4 Å². The van der Waals surface area contributed by atoms with Crippen LogP contribution in [0.2, 0.25) is 0 Å². The van der Waals surface area contributed by atoms with Gasteiger partial charge in [-0.3, -0.25) is 9.69 Å². The minimum Gasteiger partial charge on any atom is -0.459 e. The van der Waals surface area contributed by atoms with Gasteiger partial charge in [0.25, 0.3) is 5.91 Å². The summed E-state index contributed by atoms with van der Waals surface area (Å²) in [5.41, 5.74) is 2.63. The SMILES string of the molecule is CC1CCN([C@@H](c2ccccc2)c2oc3ccccc3c2NC(=O)c2ccco2)CC1. The molecule has 158 valence electrons. The van der Waals surface area contributed by atoms with Gasteiger partial charge in [0, 0.05) is 5.39 Å². The molecule has 0 radical (unpaired) electrons. The third-order valence-electron chi connectivity index (χ3n) is 6.15. The Labute approximate surface area is 181 Å². The topological polar surface area (TPSA) is 58.6 Å². The van der Waals surface area contributed by atoms with Crippen molar-refractivity contribution in [2.24, 2.45) is 5.92 Å². The maximum Gasteiger partial charge on any atom is 0.291 e. The Morgan fingerprint density at radius 3 is 2.48 bits per heavy atom. The fourth-order valence-corrected chi connectivity index (χ4v) is 4.42. The number of likely N-dealkylation sites (tertiary alicyclic amines) is 1. The zero-order valence-electron chi connectivity index (χ0n) is 17.6. The van der Waals surface area contributed by atoms with Gasteiger partial charge in [0.2, 0.25) is 0 Å². The summed E-state index contributed by atoms with van der Waals surface area (Å²) in [4.78, 5) is 15.4. The highest BCUT2D eigenvalue weighted by Gasteiger charge is 2.32. The Kier molecular flexibility index (Phi) is 5.35. The van der Waals surface area contributed by atoms with E-state index in [1.165, 1.54) is 6.26 Å². The zero-order valence-corrected chi connectivity index (χ0v) is 17.6. The van der Waals surface area contributed by atoms with Crippen molar-refractivity contribution in [2.45, 2.75) is 25.8 Å². The molecule has 1 aliphatic heterocycles. The Hall–Kier alpha value is -3.31. The molecule has 5 nitrogen and oxygen atoms in total. The Balaban J connectivity index is 1.62. The van der Waals surface area contributed by atoms with Crippen LogP contribution in [0.5, 0.6) is 0 Å². The van der Waals surface area contributed by atoms with E-state index in [1.807, 2.05) is 30.3 Å². The number of hydrogen-bond acceptors (Lipinski definition) is 4. The third kappa shape index (κ3) is 3.89. The molecular formula is C26H26N2O3. The van der Waals surface area contributed by atoms with Crippen molar-refractivity contribution in [1.29, 1.82) is 0 Å². The zero-order chi connectivity index (χ0) is 21.2. The van der Waals surface area contributed by atoms with Gasteiger partial charge in [0.05, 0.1) is 18.0 Å². The van der Waals surface area contributed by atoms with Gasteiger partial charge in [0.1, 0.15) is 11.3 Å². The molecule has 0 unspecified atom stereocenters. The largest absolute Gasteiger partial charge is 0.459 e. The number of furan rings is 2. The van der Waals surface area contributed by atoms with Gasteiger partial charge in [0.15, 0.2) is 5.76 Å². The van der Waals surface area contributed by atoms with Crippen LogP contribution in [0, 0.1) is 5.92 Å². The number of carbonyl (C=O) groups excluding carboxylic acids is 1. The van der Waals surface area contributed by atoms with Crippen LogP contribution in [-0.2, 0) is 0 Å². The fraction of sp³-hybridized carbons (Fsp3) is 0.269. The first kappa shape index (κ1) is 19.6. The highest BCUT2D eigenvalue weighted by Crippen LogP contribution is 2.41. The molecule has 1 N–H and O–H groups in total. The second kappa shape index (κ2) is 8.44. The molecule has 0 aliphatic carbocycles. The first-order valence-corrected chi connectivity index (χ1v) is 10.9. The van der Waals surface area contributed by atoms with E-state index >= 15 is 0 Å². The standard InChI is InChI=1S/C26H26N2O3/c1-18-13-15-28(16-14-18)24(19-8-3-2-4-9-19)25-23(20-10-5-6-11-21(20)31-25)27-26(29)22-12-7-17-30-22/h2-12,17-18,24H,13-16H2,1H3,(H,27,29)/t24-/m0/s1. The number of piperidine rings is 1. The van der Waals surface area contributed by atoms with E-state index in [1.54, 1.807) is 12.1 Å². The smallest absolute Gasteiger partial charge is 0.291 e. The first-order valence-electron chi connectivity index (χ1n) is 10.9. The van der Waals surface area contributed by atoms with Gasteiger partial charge in [-0.05, 0) is 61.7 Å². The number of amides is 1. The average Bonchev–Trinajstić information content (AvgIpc) is 3.45. The molecule has 31 heavy (non-hydrogen) atoms. The van der Waals surface area contributed by atoms with Crippen molar-refractivity contribution in [1.82, 2.24) is 4.90 Å². The van der Waals surface area contributed by atoms with Crippen LogP contribution in [0.1, 0.15) is 47.7 Å². The Morgan fingerprint density at radius 2 is 1.74 bits per heavy atom. The molecule has 3 heterocycles. The van der Waals surface area contributed by atoms with Gasteiger partial charge in [-0.2, -0.15) is 0 Å². The van der Waals surface area contributed by atoms with E-state index in [4.69, 9.17) is 8.83 Å². The molecule has 1 aliphatic rings. The average molecular weight is 415 g/mol. The van der Waals surface area contributed by atoms with Crippen molar-refractivity contribution in [3.8, 4) is 0 Å². The minimum absolute atomic E-state index is 0.0759. The highest BCUT2D eigenvalue weighted by molar-refractivity contribution is 6.08. The number of carbonyl (C=O) groups is 1. The van der Waals surface area contributed by atoms with Crippen LogP contribution in [0.25, 0.3) is 11.0 Å². The summed E-state index contributed by atoms with van der Waals surface area (Å²) < 4.78 is 11.7. The number of hydrogen-bond donors (Lipinski definition) is 1. The molecule has 2 aromatic carbocycles. The molecule has 4 aromatic rings. The number of fused-ring (bicyclic) bond motifs is 1. The van der Waals surface area contributed by atoms with E-state index in [0.717, 1.165) is 54.1 Å². The lowest BCUT2D eigenvalue weighted by atomic mass is 9.94. The van der Waals surface area contributed by atoms with Crippen LogP contribution < -0.4 is 5.32 Å². The predicted octanol–water partition coefficient (Wildman–Crippen LogP) is 6.10. The van der Waals surface area contributed by atoms with Gasteiger partial charge < -0.3 is 14.2 Å². The van der Waals surface area contributed by atoms with Crippen molar-refractivity contribution >= 4 is 22.6 Å². The van der Waals surface area contributed by atoms with Gasteiger partial charge in [-0.25, -0.2) is 0 Å². The lowest BCUT2D eigenvalue weighted by molar-refractivity contribution is 0.0995. The van der Waals surface area contributed by atoms with Crippen LogP contribution in [0.15, 0.2) is 81.8 Å². The monoisotopic (exact) mass is 414 g/mol. The van der Waals surface area contributed by atoms with Crippen LogP contribution in [0.3, 0.4) is 0 Å². The number of rotatable bonds is 5. The van der Waals surface area contributed by atoms with E-state index in [0.29, 0.717) is 5.69 Å². The van der Waals surface area contributed by atoms with Gasteiger partial charge >= 0.3 is 0 Å². The summed E-state index contributed by atoms with van der Waals surface area (Å²) in [6.07, 6.45) is 3.81. The molecule has 2 aromatic heterocycles. The molecular weight excluding hydrogens is 388 g/mol. The molecule has 1 fully saturated rings. The predicted molar refractivity (Wildman–Crippen MR) is 121 cm³/mol. The number of para-hydroxylation sites is 1. The van der Waals surface area contributed by atoms with E-state index in [-0.39, 0.29) is 17.7 Å². The number of nitrogens with zero attached hydrogens (tertiary/aromatic N) is 1. The van der Waals surface area contributed by atoms with Gasteiger partial charge in [-0.15, -0.1) is 0 Å². The first-order chi connectivity index (χ1) is 15.2. The fourth-order valence-electron chi connectivity index (χ4n) is 4.42. The van der Waals surface area contributed by atoms with Crippen LogP contribution in [-0.4, -0.2) is 23.9 Å². The molecule has 1 amide bonds. The third-order valence-corrected chi connectivity index (χ3v) is 6.15. The molecule has 5 rings (SSSR count).